The summed E-state index contributed by atoms with van der Waals surface area (Å²) in [7, 11) is 0. The van der Waals surface area contributed by atoms with Gasteiger partial charge in [-0.15, -0.1) is 0 Å². The van der Waals surface area contributed by atoms with E-state index < -0.39 is 0 Å². The van der Waals surface area contributed by atoms with Gasteiger partial charge in [0.25, 0.3) is 6.71 Å². The van der Waals surface area contributed by atoms with Crippen LogP contribution in [0.5, 0.6) is 0 Å². The molecular formula is C114H87BN4O2. The summed E-state index contributed by atoms with van der Waals surface area (Å²) >= 11 is 0. The predicted octanol–water partition coefficient (Wildman–Crippen LogP) is 29.7. The third-order valence-corrected chi connectivity index (χ3v) is 25.9. The van der Waals surface area contributed by atoms with Crippen molar-refractivity contribution >= 4 is 145 Å². The zero-order valence-corrected chi connectivity index (χ0v) is 69.3. The molecule has 2 aliphatic rings. The summed E-state index contributed by atoms with van der Waals surface area (Å²) in [5, 5.41) is 9.15. The normalized spacial score (nSPS) is 13.0. The minimum Gasteiger partial charge on any atom is -0.455 e. The van der Waals surface area contributed by atoms with Gasteiger partial charge in [0.1, 0.15) is 22.3 Å². The van der Waals surface area contributed by atoms with Crippen LogP contribution in [0.15, 0.2) is 373 Å². The average Bonchev–Trinajstić information content (AvgIpc) is 1.44. The fourth-order valence-corrected chi connectivity index (χ4v) is 19.9. The molecule has 0 radical (unpaired) electrons. The van der Waals surface area contributed by atoms with Crippen LogP contribution in [0.2, 0.25) is 0 Å². The van der Waals surface area contributed by atoms with E-state index in [0.717, 1.165) is 156 Å². The highest BCUT2D eigenvalue weighted by Gasteiger charge is 2.47. The molecule has 7 heteroatoms. The number of nitrogens with zero attached hydrogens (tertiary/aromatic N) is 4. The number of furan rings is 2. The highest BCUT2D eigenvalue weighted by molar-refractivity contribution is 7.00. The highest BCUT2D eigenvalue weighted by atomic mass is 16.3. The van der Waals surface area contributed by atoms with Crippen LogP contribution in [0.25, 0.3) is 166 Å². The van der Waals surface area contributed by atoms with Gasteiger partial charge in [0.2, 0.25) is 0 Å². The van der Waals surface area contributed by atoms with E-state index >= 15 is 0 Å². The monoisotopic (exact) mass is 1550 g/mol. The maximum atomic E-state index is 7.36. The van der Waals surface area contributed by atoms with Gasteiger partial charge in [-0.1, -0.05) is 317 Å². The number of anilines is 6. The van der Waals surface area contributed by atoms with Crippen molar-refractivity contribution in [2.24, 2.45) is 0 Å². The molecule has 121 heavy (non-hydrogen) atoms. The van der Waals surface area contributed by atoms with Gasteiger partial charge in [-0.3, -0.25) is 0 Å². The zero-order valence-electron chi connectivity index (χ0n) is 69.3. The number of fused-ring (bicyclic) bond motifs is 16. The Morgan fingerprint density at radius 3 is 0.868 bits per heavy atom. The second-order valence-corrected chi connectivity index (χ2v) is 36.3. The molecule has 4 aromatic heterocycles. The van der Waals surface area contributed by atoms with Crippen LogP contribution < -0.4 is 26.2 Å². The largest absolute Gasteiger partial charge is 0.455 e. The van der Waals surface area contributed by atoms with Crippen LogP contribution in [0.3, 0.4) is 0 Å². The Hall–Kier alpha value is -14.4. The molecule has 0 atom stereocenters. The van der Waals surface area contributed by atoms with E-state index in [1.54, 1.807) is 0 Å². The van der Waals surface area contributed by atoms with Crippen LogP contribution in [0.4, 0.5) is 34.1 Å². The first-order valence-corrected chi connectivity index (χ1v) is 42.5. The standard InChI is InChI=1S/C114H87BN4O2/c1-112(2,3)76-62-89(70-32-14-10-15-33-70)108(90(63-76)71-34-16-11-17-35-71)118-101-56-52-74(81-44-30-46-87-93-68-79(54-58-105(93)120-110(81)87)116-97-48-26-22-40-83(97)84-41-23-27-49-98(84)116)60-95(101)115-96-61-75(82-45-31-47-88-94-69-80(55-59-106(94)121-111(82)88)117-99-50-28-24-42-85(99)86-43-25-29-51-100(86)117)53-57-102(96)119(104-67-78(114(7,8)9)66-103(118)107(104)115)109-91(72-36-18-12-19-37-72)64-77(113(4,5)6)65-92(109)73-38-20-13-21-39-73/h10-69H,1-9H3. The number of rotatable bonds is 10. The number of aromatic nitrogens is 2. The first-order chi connectivity index (χ1) is 58.9. The topological polar surface area (TPSA) is 42.6 Å². The van der Waals surface area contributed by atoms with Crippen LogP contribution in [0, 0.1) is 0 Å². The van der Waals surface area contributed by atoms with E-state index in [2.05, 4.69) is 445 Å². The quantitative estimate of drug-likeness (QED) is 0.128. The summed E-state index contributed by atoms with van der Waals surface area (Å²) in [5.41, 5.74) is 36.6. The summed E-state index contributed by atoms with van der Waals surface area (Å²) in [4.78, 5) is 5.40. The molecule has 0 saturated heterocycles. The molecule has 0 amide bonds. The first kappa shape index (κ1) is 71.9. The fourth-order valence-electron chi connectivity index (χ4n) is 19.9. The molecule has 0 unspecified atom stereocenters. The fraction of sp³-hybridized carbons (Fsp3) is 0.105. The summed E-state index contributed by atoms with van der Waals surface area (Å²) in [6.07, 6.45) is 0. The van der Waals surface area contributed by atoms with Crippen molar-refractivity contribution in [3.8, 4) is 78.1 Å². The Kier molecular flexibility index (Phi) is 16.1. The van der Waals surface area contributed by atoms with E-state index in [9.17, 15) is 0 Å². The number of hydrogen-bond donors (Lipinski definition) is 0. The third-order valence-electron chi connectivity index (χ3n) is 25.9. The predicted molar refractivity (Wildman–Crippen MR) is 512 cm³/mol. The number of para-hydroxylation sites is 6. The van der Waals surface area contributed by atoms with Crippen molar-refractivity contribution in [2.75, 3.05) is 9.80 Å². The summed E-state index contributed by atoms with van der Waals surface area (Å²) in [6, 6.07) is 137. The second kappa shape index (κ2) is 27.1. The van der Waals surface area contributed by atoms with Gasteiger partial charge < -0.3 is 27.8 Å². The van der Waals surface area contributed by atoms with Gasteiger partial charge in [0, 0.05) is 111 Å². The molecule has 6 heterocycles. The van der Waals surface area contributed by atoms with Crippen LogP contribution >= 0.6 is 0 Å². The lowest BCUT2D eigenvalue weighted by Crippen LogP contribution is -2.61. The van der Waals surface area contributed by atoms with Gasteiger partial charge in [-0.05, 0) is 192 Å². The Balaban J connectivity index is 0.836. The molecule has 0 fully saturated rings. The molecule has 0 saturated carbocycles. The van der Waals surface area contributed by atoms with Crippen molar-refractivity contribution in [3.63, 3.8) is 0 Å². The summed E-state index contributed by atoms with van der Waals surface area (Å²) in [6.45, 7) is 20.9. The van der Waals surface area contributed by atoms with E-state index in [1.807, 2.05) is 0 Å². The summed E-state index contributed by atoms with van der Waals surface area (Å²) < 4.78 is 19.5. The lowest BCUT2D eigenvalue weighted by atomic mass is 9.33. The molecule has 0 spiro atoms. The van der Waals surface area contributed by atoms with Gasteiger partial charge in [0.05, 0.1) is 33.4 Å². The van der Waals surface area contributed by atoms with Gasteiger partial charge in [0.15, 0.2) is 0 Å². The molecule has 0 N–H and O–H groups in total. The molecule has 2 aliphatic heterocycles. The van der Waals surface area contributed by atoms with Crippen LogP contribution in [0.1, 0.15) is 79.0 Å². The van der Waals surface area contributed by atoms with E-state index in [4.69, 9.17) is 8.83 Å². The molecule has 0 aliphatic carbocycles. The molecule has 578 valence electrons. The highest BCUT2D eigenvalue weighted by Crippen LogP contribution is 2.56. The summed E-state index contributed by atoms with van der Waals surface area (Å²) in [5.74, 6) is 0. The van der Waals surface area contributed by atoms with Crippen molar-refractivity contribution in [1.29, 1.82) is 0 Å². The first-order valence-electron chi connectivity index (χ1n) is 42.5. The Bertz CT molecular complexity index is 7160. The number of benzene rings is 17. The maximum Gasteiger partial charge on any atom is 0.252 e. The van der Waals surface area contributed by atoms with E-state index in [-0.39, 0.29) is 23.0 Å². The van der Waals surface area contributed by atoms with Gasteiger partial charge in [-0.25, -0.2) is 0 Å². The smallest absolute Gasteiger partial charge is 0.252 e. The van der Waals surface area contributed by atoms with Crippen LogP contribution in [-0.2, 0) is 16.2 Å². The zero-order chi connectivity index (χ0) is 81.5. The molecule has 6 nitrogen and oxygen atoms in total. The molecule has 21 aromatic rings. The average molecular weight is 1560 g/mol. The third kappa shape index (κ3) is 11.4. The lowest BCUT2D eigenvalue weighted by molar-refractivity contribution is 0.590. The molecule has 23 rings (SSSR count). The minimum atomic E-state index is -0.368. The van der Waals surface area contributed by atoms with Gasteiger partial charge in [-0.2, -0.15) is 0 Å². The minimum absolute atomic E-state index is 0.221. The maximum absolute atomic E-state index is 7.36. The van der Waals surface area contributed by atoms with Crippen molar-refractivity contribution in [3.05, 3.63) is 381 Å². The second-order valence-electron chi connectivity index (χ2n) is 36.3. The van der Waals surface area contributed by atoms with Crippen molar-refractivity contribution in [2.45, 2.75) is 78.6 Å². The lowest BCUT2D eigenvalue weighted by Gasteiger charge is -2.47. The molecule has 17 aromatic carbocycles. The van der Waals surface area contributed by atoms with Crippen molar-refractivity contribution in [1.82, 2.24) is 9.13 Å². The number of hydrogen-bond acceptors (Lipinski definition) is 4. The van der Waals surface area contributed by atoms with E-state index in [0.29, 0.717) is 0 Å². The van der Waals surface area contributed by atoms with Gasteiger partial charge >= 0.3 is 0 Å². The Morgan fingerprint density at radius 1 is 0.231 bits per heavy atom. The Labute approximate surface area is 705 Å². The molecular weight excluding hydrogens is 1470 g/mol. The van der Waals surface area contributed by atoms with E-state index in [1.165, 1.54) is 76.7 Å². The SMILES string of the molecule is CC(C)(C)c1cc(-c2ccccc2)c(N2c3ccc(-c4cccc5c4oc4ccc(-n6c7ccccc7c7ccccc76)cc45)cc3B3c4cc(-c5cccc6c5oc5ccc(-n7c8ccccc8c8ccccc87)cc56)ccc4N(c4c(-c5ccccc5)cc(C(C)(C)C)cc4-c4ccccc4)c4cc(C(C)(C)C)cc2c43)c(-c2ccccc2)c1. The molecule has 0 bridgehead atoms. The Morgan fingerprint density at radius 2 is 0.537 bits per heavy atom. The van der Waals surface area contributed by atoms with Crippen molar-refractivity contribution < 1.29 is 8.83 Å². The van der Waals surface area contributed by atoms with Crippen LogP contribution in [-0.4, -0.2) is 15.8 Å².